The molecular formula is C14H20BrNO3. The normalized spacial score (nSPS) is 14.8. The van der Waals surface area contributed by atoms with E-state index >= 15 is 0 Å². The number of aliphatic hydroxyl groups is 1. The molecule has 0 radical (unpaired) electrons. The highest BCUT2D eigenvalue weighted by molar-refractivity contribution is 9.10. The summed E-state index contributed by atoms with van der Waals surface area (Å²) in [6.45, 7) is 8.47. The van der Waals surface area contributed by atoms with Crippen LogP contribution in [-0.4, -0.2) is 23.0 Å². The Bertz CT molecular complexity index is 480. The van der Waals surface area contributed by atoms with E-state index in [-0.39, 0.29) is 6.79 Å². The topological polar surface area (TPSA) is 50.7 Å². The molecule has 1 heterocycles. The van der Waals surface area contributed by atoms with Crippen LogP contribution in [0, 0.1) is 0 Å². The average molecular weight is 330 g/mol. The molecule has 0 aromatic heterocycles. The summed E-state index contributed by atoms with van der Waals surface area (Å²) in [7, 11) is 0. The summed E-state index contributed by atoms with van der Waals surface area (Å²) in [5.74, 6) is 1.51. The number of ether oxygens (including phenoxy) is 2. The predicted octanol–water partition coefficient (Wildman–Crippen LogP) is 2.82. The Balaban J connectivity index is 2.11. The molecular weight excluding hydrogens is 310 g/mol. The van der Waals surface area contributed by atoms with Crippen LogP contribution in [0.15, 0.2) is 16.6 Å². The number of fused-ring (bicyclic) bond motifs is 1. The molecule has 0 saturated heterocycles. The van der Waals surface area contributed by atoms with Crippen molar-refractivity contribution >= 4 is 15.9 Å². The van der Waals surface area contributed by atoms with Gasteiger partial charge in [-0.05, 0) is 61.3 Å². The van der Waals surface area contributed by atoms with Gasteiger partial charge >= 0.3 is 0 Å². The minimum absolute atomic E-state index is 0.264. The predicted molar refractivity (Wildman–Crippen MR) is 77.5 cm³/mol. The first-order chi connectivity index (χ1) is 8.71. The maximum Gasteiger partial charge on any atom is 0.231 e. The Hall–Kier alpha value is -0.780. The van der Waals surface area contributed by atoms with Crippen LogP contribution >= 0.6 is 15.9 Å². The number of rotatable bonds is 4. The summed E-state index contributed by atoms with van der Waals surface area (Å²) in [6.07, 6.45) is 0. The maximum atomic E-state index is 10.1. The van der Waals surface area contributed by atoms with Crippen molar-refractivity contribution in [3.8, 4) is 11.5 Å². The van der Waals surface area contributed by atoms with Gasteiger partial charge in [0, 0.05) is 12.1 Å². The number of halogens is 1. The lowest BCUT2D eigenvalue weighted by atomic mass is 9.86. The van der Waals surface area contributed by atoms with E-state index in [0.29, 0.717) is 6.54 Å². The molecule has 0 spiro atoms. The summed E-state index contributed by atoms with van der Waals surface area (Å²) in [5.41, 5.74) is -0.121. The zero-order valence-corrected chi connectivity index (χ0v) is 13.3. The molecule has 0 amide bonds. The van der Waals surface area contributed by atoms with E-state index in [0.717, 1.165) is 21.5 Å². The van der Waals surface area contributed by atoms with Crippen LogP contribution in [0.1, 0.15) is 33.3 Å². The SMILES string of the molecule is CC(C)(O)C(C)(C)NCc1cc(Br)c2c(c1)OCO2. The van der Waals surface area contributed by atoms with Gasteiger partial charge < -0.3 is 19.9 Å². The highest BCUT2D eigenvalue weighted by Crippen LogP contribution is 2.40. The first kappa shape index (κ1) is 14.6. The summed E-state index contributed by atoms with van der Waals surface area (Å²) in [4.78, 5) is 0. The van der Waals surface area contributed by atoms with Crippen LogP contribution in [0.25, 0.3) is 0 Å². The first-order valence-electron chi connectivity index (χ1n) is 6.26. The van der Waals surface area contributed by atoms with Crippen molar-refractivity contribution in [2.24, 2.45) is 0 Å². The molecule has 2 N–H and O–H groups in total. The zero-order valence-electron chi connectivity index (χ0n) is 11.7. The van der Waals surface area contributed by atoms with Crippen molar-refractivity contribution in [1.82, 2.24) is 5.32 Å². The van der Waals surface area contributed by atoms with Crippen LogP contribution in [0.5, 0.6) is 11.5 Å². The molecule has 4 nitrogen and oxygen atoms in total. The molecule has 0 saturated carbocycles. The van der Waals surface area contributed by atoms with Crippen LogP contribution in [0.2, 0.25) is 0 Å². The molecule has 1 aliphatic heterocycles. The number of hydrogen-bond donors (Lipinski definition) is 2. The van der Waals surface area contributed by atoms with Gasteiger partial charge in [0.25, 0.3) is 0 Å². The summed E-state index contributed by atoms with van der Waals surface area (Å²) in [5, 5.41) is 13.5. The smallest absolute Gasteiger partial charge is 0.231 e. The fourth-order valence-corrected chi connectivity index (χ4v) is 2.27. The molecule has 0 unspecified atom stereocenters. The average Bonchev–Trinajstić information content (AvgIpc) is 2.73. The Morgan fingerprint density at radius 1 is 1.26 bits per heavy atom. The lowest BCUT2D eigenvalue weighted by Crippen LogP contribution is -2.55. The Labute approximate surface area is 122 Å². The maximum absolute atomic E-state index is 10.1. The van der Waals surface area contributed by atoms with Crippen molar-refractivity contribution in [3.05, 3.63) is 22.2 Å². The van der Waals surface area contributed by atoms with E-state index in [9.17, 15) is 5.11 Å². The third-order valence-corrected chi connectivity index (χ3v) is 4.34. The van der Waals surface area contributed by atoms with Crippen molar-refractivity contribution in [1.29, 1.82) is 0 Å². The second-order valence-electron chi connectivity index (χ2n) is 5.85. The number of hydrogen-bond acceptors (Lipinski definition) is 4. The van der Waals surface area contributed by atoms with Crippen LogP contribution in [-0.2, 0) is 6.54 Å². The molecule has 0 fully saturated rings. The fourth-order valence-electron chi connectivity index (χ4n) is 1.66. The Morgan fingerprint density at radius 3 is 2.58 bits per heavy atom. The van der Waals surface area contributed by atoms with Crippen LogP contribution in [0.4, 0.5) is 0 Å². The molecule has 0 aliphatic carbocycles. The molecule has 106 valence electrons. The van der Waals surface area contributed by atoms with E-state index in [1.807, 2.05) is 26.0 Å². The van der Waals surface area contributed by atoms with E-state index in [1.165, 1.54) is 0 Å². The molecule has 1 aromatic rings. The quantitative estimate of drug-likeness (QED) is 0.891. The monoisotopic (exact) mass is 329 g/mol. The third-order valence-electron chi connectivity index (χ3n) is 3.75. The number of nitrogens with one attached hydrogen (secondary N) is 1. The minimum Gasteiger partial charge on any atom is -0.454 e. The van der Waals surface area contributed by atoms with E-state index < -0.39 is 11.1 Å². The Kier molecular flexibility index (Phi) is 3.82. The van der Waals surface area contributed by atoms with Crippen LogP contribution < -0.4 is 14.8 Å². The summed E-state index contributed by atoms with van der Waals surface area (Å²) in [6, 6.07) is 3.96. The van der Waals surface area contributed by atoms with Gasteiger partial charge in [0.2, 0.25) is 6.79 Å². The lowest BCUT2D eigenvalue weighted by molar-refractivity contribution is -0.00532. The molecule has 2 rings (SSSR count). The highest BCUT2D eigenvalue weighted by atomic mass is 79.9. The van der Waals surface area contributed by atoms with Crippen molar-refractivity contribution < 1.29 is 14.6 Å². The van der Waals surface area contributed by atoms with Crippen molar-refractivity contribution in [2.45, 2.75) is 45.4 Å². The van der Waals surface area contributed by atoms with E-state index in [1.54, 1.807) is 13.8 Å². The van der Waals surface area contributed by atoms with Gasteiger partial charge in [0.1, 0.15) is 0 Å². The van der Waals surface area contributed by atoms with Gasteiger partial charge in [-0.25, -0.2) is 0 Å². The highest BCUT2D eigenvalue weighted by Gasteiger charge is 2.34. The third kappa shape index (κ3) is 3.04. The van der Waals surface area contributed by atoms with E-state index in [4.69, 9.17) is 9.47 Å². The molecule has 5 heteroatoms. The van der Waals surface area contributed by atoms with Gasteiger partial charge in [-0.2, -0.15) is 0 Å². The number of benzene rings is 1. The van der Waals surface area contributed by atoms with Crippen molar-refractivity contribution in [3.63, 3.8) is 0 Å². The van der Waals surface area contributed by atoms with Crippen molar-refractivity contribution in [2.75, 3.05) is 6.79 Å². The van der Waals surface area contributed by atoms with Gasteiger partial charge in [-0.3, -0.25) is 0 Å². The minimum atomic E-state index is -0.805. The zero-order chi connectivity index (χ0) is 14.3. The summed E-state index contributed by atoms with van der Waals surface area (Å²) < 4.78 is 11.6. The molecule has 0 bridgehead atoms. The van der Waals surface area contributed by atoms with Gasteiger partial charge in [-0.1, -0.05) is 0 Å². The molecule has 19 heavy (non-hydrogen) atoms. The largest absolute Gasteiger partial charge is 0.454 e. The first-order valence-corrected chi connectivity index (χ1v) is 7.05. The molecule has 1 aliphatic rings. The second-order valence-corrected chi connectivity index (χ2v) is 6.70. The van der Waals surface area contributed by atoms with Crippen LogP contribution in [0.3, 0.4) is 0 Å². The van der Waals surface area contributed by atoms with Gasteiger partial charge in [-0.15, -0.1) is 0 Å². The van der Waals surface area contributed by atoms with E-state index in [2.05, 4.69) is 21.2 Å². The standard InChI is InChI=1S/C14H20BrNO3/c1-13(2,14(3,4)17)16-7-9-5-10(15)12-11(6-9)18-8-19-12/h5-6,16-17H,7-8H2,1-4H3. The van der Waals surface area contributed by atoms with Gasteiger partial charge in [0.15, 0.2) is 11.5 Å². The molecule has 1 aromatic carbocycles. The summed E-state index contributed by atoms with van der Waals surface area (Å²) >= 11 is 3.48. The second kappa shape index (κ2) is 4.96. The lowest BCUT2D eigenvalue weighted by Gasteiger charge is -2.38. The molecule has 0 atom stereocenters. The Morgan fingerprint density at radius 2 is 1.95 bits per heavy atom. The van der Waals surface area contributed by atoms with Gasteiger partial charge in [0.05, 0.1) is 10.1 Å². The fraction of sp³-hybridized carbons (Fsp3) is 0.571.